The van der Waals surface area contributed by atoms with E-state index in [9.17, 15) is 31.0 Å². The van der Waals surface area contributed by atoms with Crippen molar-refractivity contribution in [2.45, 2.75) is 36.3 Å². The number of alkyl halides is 5. The standard InChI is InChI=1S/C19H20F5N5O2S/c1-32(25,31)13-5-2-4-12(10-13)26-17(30)14-11-15(19(22,23)24)27-28-16(14)29-8-3-6-18(20,21)7-9-29/h2,4-5,10-11,25H,3,6-9H2,1H3,(H,26,30)/t32-/m1/s1. The van der Waals surface area contributed by atoms with Crippen molar-refractivity contribution < 1.29 is 31.0 Å². The maximum absolute atomic E-state index is 13.7. The van der Waals surface area contributed by atoms with Gasteiger partial charge in [-0.1, -0.05) is 6.07 Å². The molecular weight excluding hydrogens is 457 g/mol. The van der Waals surface area contributed by atoms with Gasteiger partial charge in [-0.3, -0.25) is 4.79 Å². The van der Waals surface area contributed by atoms with E-state index in [-0.39, 0.29) is 42.3 Å². The predicted molar refractivity (Wildman–Crippen MR) is 107 cm³/mol. The highest BCUT2D eigenvalue weighted by atomic mass is 32.2. The lowest BCUT2D eigenvalue weighted by Gasteiger charge is -2.24. The number of aromatic nitrogens is 2. The van der Waals surface area contributed by atoms with E-state index in [1.165, 1.54) is 35.4 Å². The summed E-state index contributed by atoms with van der Waals surface area (Å²) < 4.78 is 86.6. The molecule has 2 N–H and O–H groups in total. The first-order chi connectivity index (χ1) is 14.8. The fourth-order valence-corrected chi connectivity index (χ4v) is 3.90. The maximum Gasteiger partial charge on any atom is 0.435 e. The van der Waals surface area contributed by atoms with Crippen molar-refractivity contribution in [2.24, 2.45) is 0 Å². The molecule has 1 aliphatic heterocycles. The number of anilines is 2. The van der Waals surface area contributed by atoms with E-state index in [1.807, 2.05) is 0 Å². The minimum Gasteiger partial charge on any atom is -0.354 e. The van der Waals surface area contributed by atoms with Crippen LogP contribution in [0.2, 0.25) is 0 Å². The fraction of sp³-hybridized carbons (Fsp3) is 0.421. The molecule has 0 radical (unpaired) electrons. The van der Waals surface area contributed by atoms with Gasteiger partial charge in [-0.05, 0) is 30.7 Å². The number of carbonyl (C=O) groups excluding carboxylic acids is 1. The van der Waals surface area contributed by atoms with Crippen LogP contribution >= 0.6 is 0 Å². The van der Waals surface area contributed by atoms with Gasteiger partial charge < -0.3 is 10.2 Å². The lowest BCUT2D eigenvalue weighted by atomic mass is 10.1. The van der Waals surface area contributed by atoms with Crippen LogP contribution in [0.15, 0.2) is 35.2 Å². The molecule has 0 bridgehead atoms. The number of halogens is 5. The number of hydrogen-bond acceptors (Lipinski definition) is 6. The molecule has 1 fully saturated rings. The van der Waals surface area contributed by atoms with Crippen LogP contribution in [0.1, 0.15) is 35.3 Å². The second-order valence-corrected chi connectivity index (χ2v) is 9.65. The van der Waals surface area contributed by atoms with Crippen LogP contribution in [0.3, 0.4) is 0 Å². The number of nitrogens with one attached hydrogen (secondary N) is 2. The number of amides is 1. The second-order valence-electron chi connectivity index (χ2n) is 7.49. The van der Waals surface area contributed by atoms with E-state index in [0.29, 0.717) is 6.07 Å². The van der Waals surface area contributed by atoms with Crippen molar-refractivity contribution in [3.8, 4) is 0 Å². The Labute approximate surface area is 181 Å². The van der Waals surface area contributed by atoms with E-state index in [4.69, 9.17) is 4.78 Å². The van der Waals surface area contributed by atoms with Gasteiger partial charge in [-0.15, -0.1) is 10.2 Å². The zero-order valence-corrected chi connectivity index (χ0v) is 17.7. The van der Waals surface area contributed by atoms with E-state index in [0.717, 1.165) is 0 Å². The number of rotatable bonds is 4. The summed E-state index contributed by atoms with van der Waals surface area (Å²) in [4.78, 5) is 14.3. The van der Waals surface area contributed by atoms with Crippen molar-refractivity contribution in [3.05, 3.63) is 41.6 Å². The van der Waals surface area contributed by atoms with Crippen LogP contribution < -0.4 is 10.2 Å². The van der Waals surface area contributed by atoms with E-state index >= 15 is 0 Å². The summed E-state index contributed by atoms with van der Waals surface area (Å²) in [5.41, 5.74) is -1.78. The van der Waals surface area contributed by atoms with Gasteiger partial charge in [0.2, 0.25) is 5.92 Å². The van der Waals surface area contributed by atoms with E-state index in [2.05, 4.69) is 15.5 Å². The summed E-state index contributed by atoms with van der Waals surface area (Å²) in [5.74, 6) is -4.12. The van der Waals surface area contributed by atoms with Gasteiger partial charge in [0.15, 0.2) is 11.5 Å². The summed E-state index contributed by atoms with van der Waals surface area (Å²) in [5, 5.41) is 9.10. The minimum atomic E-state index is -4.87. The molecule has 1 saturated heterocycles. The summed E-state index contributed by atoms with van der Waals surface area (Å²) >= 11 is 0. The third-order valence-corrected chi connectivity index (χ3v) is 6.02. The molecule has 0 spiro atoms. The number of benzene rings is 1. The molecule has 32 heavy (non-hydrogen) atoms. The Kier molecular flexibility index (Phi) is 6.40. The zero-order valence-electron chi connectivity index (χ0n) is 16.9. The molecule has 2 heterocycles. The minimum absolute atomic E-state index is 0.0627. The molecular formula is C19H20F5N5O2S. The maximum atomic E-state index is 13.7. The Morgan fingerprint density at radius 3 is 2.56 bits per heavy atom. The summed E-state index contributed by atoms with van der Waals surface area (Å²) in [6.07, 6.45) is -4.54. The van der Waals surface area contributed by atoms with Crippen molar-refractivity contribution >= 4 is 27.1 Å². The molecule has 1 atom stereocenters. The second kappa shape index (κ2) is 8.60. The van der Waals surface area contributed by atoms with E-state index < -0.39 is 45.4 Å². The molecule has 1 amide bonds. The van der Waals surface area contributed by atoms with Crippen LogP contribution in [0, 0.1) is 4.78 Å². The first kappa shape index (κ1) is 23.8. The Bertz CT molecular complexity index is 1120. The summed E-state index contributed by atoms with van der Waals surface area (Å²) in [6.45, 7) is -0.137. The quantitative estimate of drug-likeness (QED) is 0.636. The van der Waals surface area contributed by atoms with Crippen molar-refractivity contribution in [1.82, 2.24) is 10.2 Å². The van der Waals surface area contributed by atoms with Gasteiger partial charge in [0.05, 0.1) is 15.3 Å². The highest BCUT2D eigenvalue weighted by Crippen LogP contribution is 2.33. The van der Waals surface area contributed by atoms with E-state index in [1.54, 1.807) is 0 Å². The van der Waals surface area contributed by atoms with Crippen LogP contribution in [0.4, 0.5) is 33.5 Å². The van der Waals surface area contributed by atoms with Crippen LogP contribution in [0.5, 0.6) is 0 Å². The van der Waals surface area contributed by atoms with Crippen molar-refractivity contribution in [1.29, 1.82) is 4.78 Å². The number of nitrogens with zero attached hydrogens (tertiary/aromatic N) is 3. The Morgan fingerprint density at radius 2 is 1.91 bits per heavy atom. The molecule has 0 aliphatic carbocycles. The lowest BCUT2D eigenvalue weighted by molar-refractivity contribution is -0.141. The first-order valence-electron chi connectivity index (χ1n) is 9.49. The molecule has 0 unspecified atom stereocenters. The molecule has 174 valence electrons. The Hall–Kier alpha value is -2.83. The van der Waals surface area contributed by atoms with Crippen molar-refractivity contribution in [3.63, 3.8) is 0 Å². The highest BCUT2D eigenvalue weighted by Gasteiger charge is 2.37. The fourth-order valence-electron chi connectivity index (χ4n) is 3.21. The molecule has 13 heteroatoms. The number of hydrogen-bond donors (Lipinski definition) is 2. The van der Waals surface area contributed by atoms with Gasteiger partial charge >= 0.3 is 6.18 Å². The third kappa shape index (κ3) is 5.69. The predicted octanol–water partition coefficient (Wildman–Crippen LogP) is 4.41. The average molecular weight is 477 g/mol. The SMILES string of the molecule is C[S@@](=N)(=O)c1cccc(NC(=O)c2cc(C(F)(F)F)nnc2N2CCCC(F)(F)CC2)c1. The summed E-state index contributed by atoms with van der Waals surface area (Å²) in [6, 6.07) is 6.07. The number of carbonyl (C=O) groups is 1. The van der Waals surface area contributed by atoms with Gasteiger partial charge in [0.1, 0.15) is 0 Å². The third-order valence-electron chi connectivity index (χ3n) is 4.87. The monoisotopic (exact) mass is 477 g/mol. The van der Waals surface area contributed by atoms with Gasteiger partial charge in [-0.2, -0.15) is 13.2 Å². The average Bonchev–Trinajstić information content (AvgIpc) is 2.87. The van der Waals surface area contributed by atoms with Crippen LogP contribution in [-0.4, -0.2) is 45.6 Å². The first-order valence-corrected chi connectivity index (χ1v) is 11.5. The molecule has 1 aromatic heterocycles. The van der Waals surface area contributed by atoms with Gasteiger partial charge in [-0.25, -0.2) is 17.8 Å². The molecule has 3 rings (SSSR count). The molecule has 2 aromatic rings. The van der Waals surface area contributed by atoms with Crippen LogP contribution in [0.25, 0.3) is 0 Å². The normalized spacial score (nSPS) is 18.5. The smallest absolute Gasteiger partial charge is 0.354 e. The van der Waals surface area contributed by atoms with Gasteiger partial charge in [0.25, 0.3) is 5.91 Å². The largest absolute Gasteiger partial charge is 0.435 e. The highest BCUT2D eigenvalue weighted by molar-refractivity contribution is 7.91. The topological polar surface area (TPSA) is 99.0 Å². The molecule has 1 aromatic carbocycles. The molecule has 7 nitrogen and oxygen atoms in total. The summed E-state index contributed by atoms with van der Waals surface area (Å²) in [7, 11) is -3.09. The van der Waals surface area contributed by atoms with Crippen LogP contribution in [-0.2, 0) is 15.9 Å². The zero-order chi connectivity index (χ0) is 23.7. The Balaban J connectivity index is 1.98. The molecule has 1 aliphatic rings. The van der Waals surface area contributed by atoms with Gasteiger partial charge in [0, 0.05) is 42.8 Å². The lowest BCUT2D eigenvalue weighted by Crippen LogP contribution is -2.30. The Morgan fingerprint density at radius 1 is 1.19 bits per heavy atom. The van der Waals surface area contributed by atoms with Crippen molar-refractivity contribution in [2.75, 3.05) is 29.6 Å². The molecule has 0 saturated carbocycles.